The number of nitrogens with one attached hydrogen (secondary N) is 1. The summed E-state index contributed by atoms with van der Waals surface area (Å²) in [5, 5.41) is 0. The second kappa shape index (κ2) is 6.73. The van der Waals surface area contributed by atoms with Gasteiger partial charge in [0.05, 0.1) is 19.6 Å². The van der Waals surface area contributed by atoms with Crippen LogP contribution < -0.4 is 0 Å². The molecule has 0 bridgehead atoms. The first-order chi connectivity index (χ1) is 10.6. The molecule has 1 fully saturated rings. The third-order valence-electron chi connectivity index (χ3n) is 3.83. The van der Waals surface area contributed by atoms with E-state index in [1.165, 1.54) is 11.3 Å². The van der Waals surface area contributed by atoms with Crippen LogP contribution in [0.2, 0.25) is 0 Å². The molecule has 0 aliphatic carbocycles. The highest BCUT2D eigenvalue weighted by atomic mass is 32.1. The molecular formula is C16H18N2O2S2. The summed E-state index contributed by atoms with van der Waals surface area (Å²) in [7, 11) is 0. The molecule has 1 aliphatic heterocycles. The average molecular weight is 334 g/mol. The van der Waals surface area contributed by atoms with Crippen LogP contribution >= 0.6 is 23.6 Å². The van der Waals surface area contributed by atoms with E-state index in [0.717, 1.165) is 20.1 Å². The van der Waals surface area contributed by atoms with Gasteiger partial charge in [0.2, 0.25) is 5.91 Å². The van der Waals surface area contributed by atoms with E-state index in [-0.39, 0.29) is 12.0 Å². The average Bonchev–Trinajstić information content (AvgIpc) is 2.86. The maximum absolute atomic E-state index is 12.5. The maximum atomic E-state index is 12.5. The molecule has 0 spiro atoms. The number of morpholine rings is 1. The molecule has 3 rings (SSSR count). The molecule has 1 N–H and O–H groups in total. The summed E-state index contributed by atoms with van der Waals surface area (Å²) in [5.74, 6) is 0.137. The highest BCUT2D eigenvalue weighted by Gasteiger charge is 2.25. The van der Waals surface area contributed by atoms with Crippen LogP contribution in [0.25, 0.3) is 0 Å². The predicted molar refractivity (Wildman–Crippen MR) is 89.7 cm³/mol. The van der Waals surface area contributed by atoms with E-state index in [4.69, 9.17) is 17.0 Å². The smallest absolute Gasteiger partial charge is 0.228 e. The van der Waals surface area contributed by atoms with Gasteiger partial charge in [0, 0.05) is 17.1 Å². The molecule has 1 saturated heterocycles. The number of carbonyl (C=O) groups is 1. The Hall–Kier alpha value is -1.50. The number of amides is 1. The van der Waals surface area contributed by atoms with Crippen molar-refractivity contribution < 1.29 is 9.53 Å². The van der Waals surface area contributed by atoms with E-state index in [1.807, 2.05) is 42.2 Å². The molecule has 0 radical (unpaired) electrons. The zero-order chi connectivity index (χ0) is 15.5. The number of aromatic nitrogens is 1. The standard InChI is InChI=1S/C16H18N2O2S2/c1-11-14(22-16(21)17-11)9-15(19)18-7-8-20-13(10-18)12-5-3-2-4-6-12/h2-6,13H,7-10H2,1H3,(H,17,21)/t13-/m1/s1. The largest absolute Gasteiger partial charge is 0.370 e. The number of hydrogen-bond donors (Lipinski definition) is 1. The van der Waals surface area contributed by atoms with Gasteiger partial charge in [0.25, 0.3) is 0 Å². The Bertz CT molecular complexity index is 708. The molecule has 116 valence electrons. The van der Waals surface area contributed by atoms with Crippen molar-refractivity contribution in [1.82, 2.24) is 9.88 Å². The molecule has 1 aliphatic rings. The van der Waals surface area contributed by atoms with Crippen LogP contribution in [0.3, 0.4) is 0 Å². The van der Waals surface area contributed by atoms with Crippen LogP contribution in [-0.2, 0) is 16.0 Å². The number of H-pyrrole nitrogens is 1. The minimum absolute atomic E-state index is 0.0376. The number of aromatic amines is 1. The van der Waals surface area contributed by atoms with Gasteiger partial charge in [-0.25, -0.2) is 0 Å². The lowest BCUT2D eigenvalue weighted by atomic mass is 10.1. The maximum Gasteiger partial charge on any atom is 0.228 e. The zero-order valence-electron chi connectivity index (χ0n) is 12.4. The third-order valence-corrected chi connectivity index (χ3v) is 5.16. The van der Waals surface area contributed by atoms with Crippen molar-refractivity contribution >= 4 is 29.5 Å². The first kappa shape index (κ1) is 15.4. The zero-order valence-corrected chi connectivity index (χ0v) is 14.0. The molecule has 0 unspecified atom stereocenters. The minimum Gasteiger partial charge on any atom is -0.370 e. The van der Waals surface area contributed by atoms with Crippen LogP contribution in [0.4, 0.5) is 0 Å². The lowest BCUT2D eigenvalue weighted by Gasteiger charge is -2.33. The number of rotatable bonds is 3. The van der Waals surface area contributed by atoms with Crippen LogP contribution in [0.5, 0.6) is 0 Å². The van der Waals surface area contributed by atoms with Crippen molar-refractivity contribution in [2.45, 2.75) is 19.4 Å². The molecule has 2 heterocycles. The molecule has 4 nitrogen and oxygen atoms in total. The van der Waals surface area contributed by atoms with Crippen molar-refractivity contribution in [2.24, 2.45) is 0 Å². The SMILES string of the molecule is Cc1[nH]c(=S)sc1CC(=O)N1CCO[C@@H](c2ccccc2)C1. The van der Waals surface area contributed by atoms with Gasteiger partial charge in [-0.05, 0) is 24.7 Å². The molecule has 6 heteroatoms. The van der Waals surface area contributed by atoms with Crippen molar-refractivity contribution in [3.63, 3.8) is 0 Å². The quantitative estimate of drug-likeness (QED) is 0.877. The van der Waals surface area contributed by atoms with Crippen molar-refractivity contribution in [3.8, 4) is 0 Å². The molecule has 22 heavy (non-hydrogen) atoms. The summed E-state index contributed by atoms with van der Waals surface area (Å²) in [6.45, 7) is 3.79. The fourth-order valence-electron chi connectivity index (χ4n) is 2.60. The summed E-state index contributed by atoms with van der Waals surface area (Å²) in [5.41, 5.74) is 2.12. The second-order valence-electron chi connectivity index (χ2n) is 5.35. The summed E-state index contributed by atoms with van der Waals surface area (Å²) in [6, 6.07) is 10.1. The first-order valence-corrected chi connectivity index (χ1v) is 8.49. The van der Waals surface area contributed by atoms with Gasteiger partial charge in [0.15, 0.2) is 3.95 Å². The highest BCUT2D eigenvalue weighted by Crippen LogP contribution is 2.23. The molecule has 1 atom stereocenters. The van der Waals surface area contributed by atoms with E-state index in [2.05, 4.69) is 4.98 Å². The van der Waals surface area contributed by atoms with Gasteiger partial charge < -0.3 is 14.6 Å². The summed E-state index contributed by atoms with van der Waals surface area (Å²) < 4.78 is 6.53. The van der Waals surface area contributed by atoms with E-state index in [0.29, 0.717) is 26.1 Å². The van der Waals surface area contributed by atoms with Crippen LogP contribution in [-0.4, -0.2) is 35.5 Å². The number of hydrogen-bond acceptors (Lipinski definition) is 4. The predicted octanol–water partition coefficient (Wildman–Crippen LogP) is 3.26. The fraction of sp³-hybridized carbons (Fsp3) is 0.375. The van der Waals surface area contributed by atoms with Crippen LogP contribution in [0, 0.1) is 10.9 Å². The van der Waals surface area contributed by atoms with E-state index >= 15 is 0 Å². The van der Waals surface area contributed by atoms with Gasteiger partial charge in [-0.1, -0.05) is 30.3 Å². The summed E-state index contributed by atoms with van der Waals surface area (Å²) >= 11 is 6.61. The van der Waals surface area contributed by atoms with Gasteiger partial charge in [-0.3, -0.25) is 4.79 Å². The minimum atomic E-state index is -0.0376. The Labute approximate surface area is 138 Å². The van der Waals surface area contributed by atoms with Gasteiger partial charge in [0.1, 0.15) is 6.10 Å². The number of ether oxygens (including phenoxy) is 1. The monoisotopic (exact) mass is 334 g/mol. The molecule has 1 amide bonds. The van der Waals surface area contributed by atoms with E-state index in [1.54, 1.807) is 0 Å². The van der Waals surface area contributed by atoms with Crippen LogP contribution in [0.15, 0.2) is 30.3 Å². The number of aryl methyl sites for hydroxylation is 1. The van der Waals surface area contributed by atoms with Crippen molar-refractivity contribution in [2.75, 3.05) is 19.7 Å². The molecule has 1 aromatic heterocycles. The Kier molecular flexibility index (Phi) is 4.71. The van der Waals surface area contributed by atoms with Crippen molar-refractivity contribution in [1.29, 1.82) is 0 Å². The van der Waals surface area contributed by atoms with E-state index < -0.39 is 0 Å². The van der Waals surface area contributed by atoms with Crippen LogP contribution in [0.1, 0.15) is 22.2 Å². The van der Waals surface area contributed by atoms with E-state index in [9.17, 15) is 4.79 Å². The van der Waals surface area contributed by atoms with Gasteiger partial charge in [-0.15, -0.1) is 11.3 Å². The molecule has 0 saturated carbocycles. The number of nitrogens with zero attached hydrogens (tertiary/aromatic N) is 1. The lowest BCUT2D eigenvalue weighted by molar-refractivity contribution is -0.138. The Morgan fingerprint density at radius 2 is 2.23 bits per heavy atom. The Morgan fingerprint density at radius 3 is 2.91 bits per heavy atom. The number of carbonyl (C=O) groups excluding carboxylic acids is 1. The summed E-state index contributed by atoms with van der Waals surface area (Å²) in [6.07, 6.45) is 0.370. The molecule has 2 aromatic rings. The summed E-state index contributed by atoms with van der Waals surface area (Å²) in [4.78, 5) is 18.5. The number of benzene rings is 1. The molecule has 1 aromatic carbocycles. The molecular weight excluding hydrogens is 316 g/mol. The van der Waals surface area contributed by atoms with Gasteiger partial charge >= 0.3 is 0 Å². The second-order valence-corrected chi connectivity index (χ2v) is 7.12. The van der Waals surface area contributed by atoms with Gasteiger partial charge in [-0.2, -0.15) is 0 Å². The third kappa shape index (κ3) is 3.45. The normalized spacial score (nSPS) is 18.4. The first-order valence-electron chi connectivity index (χ1n) is 7.26. The number of thiazole rings is 1. The topological polar surface area (TPSA) is 45.3 Å². The Morgan fingerprint density at radius 1 is 1.45 bits per heavy atom. The highest BCUT2D eigenvalue weighted by molar-refractivity contribution is 7.73. The fourth-order valence-corrected chi connectivity index (χ4v) is 3.88. The van der Waals surface area contributed by atoms with Crippen molar-refractivity contribution in [3.05, 3.63) is 50.4 Å². The Balaban J connectivity index is 1.68. The lowest BCUT2D eigenvalue weighted by Crippen LogP contribution is -2.42.